The molecule has 1 saturated heterocycles. The van der Waals surface area contributed by atoms with Gasteiger partial charge in [-0.1, -0.05) is 41.4 Å². The maximum atomic E-state index is 12.5. The summed E-state index contributed by atoms with van der Waals surface area (Å²) in [5.41, 5.74) is 9.26. The monoisotopic (exact) mass is 315 g/mol. The highest BCUT2D eigenvalue weighted by molar-refractivity contribution is 6.30. The minimum atomic E-state index is -0.178. The largest absolute Gasteiger partial charge is 0.326 e. The molecule has 1 aliphatic heterocycles. The number of hydrogen-bond donors (Lipinski definition) is 3. The zero-order valence-corrected chi connectivity index (χ0v) is 13.0. The minimum Gasteiger partial charge on any atom is -0.326 e. The lowest BCUT2D eigenvalue weighted by molar-refractivity contribution is -0.119. The number of nitrogens with one attached hydrogen (secondary N) is 3. The van der Waals surface area contributed by atoms with Crippen LogP contribution in [0.4, 0.5) is 5.69 Å². The molecule has 22 heavy (non-hydrogen) atoms. The lowest BCUT2D eigenvalue weighted by Crippen LogP contribution is -2.29. The first kappa shape index (κ1) is 15.0. The molecule has 0 aromatic heterocycles. The molecule has 3 rings (SSSR count). The summed E-state index contributed by atoms with van der Waals surface area (Å²) in [6, 6.07) is 15.3. The van der Waals surface area contributed by atoms with Crippen LogP contribution in [0.25, 0.3) is 0 Å². The highest BCUT2D eigenvalue weighted by Crippen LogP contribution is 2.27. The Labute approximate surface area is 134 Å². The Morgan fingerprint density at radius 2 is 1.82 bits per heavy atom. The molecule has 0 spiro atoms. The first-order chi connectivity index (χ1) is 10.6. The Hall–Kier alpha value is -1.88. The van der Waals surface area contributed by atoms with Crippen LogP contribution >= 0.6 is 11.6 Å². The fraction of sp³-hybridized carbons (Fsp3) is 0.235. The molecule has 4 nitrogen and oxygen atoms in total. The number of aryl methyl sites for hydroxylation is 1. The summed E-state index contributed by atoms with van der Waals surface area (Å²) in [5.74, 6) is -0.177. The number of anilines is 1. The summed E-state index contributed by atoms with van der Waals surface area (Å²) in [7, 11) is 0. The van der Waals surface area contributed by atoms with E-state index in [1.807, 2.05) is 55.5 Å². The summed E-state index contributed by atoms with van der Waals surface area (Å²) in [6.07, 6.45) is 0. The average molecular weight is 316 g/mol. The van der Waals surface area contributed by atoms with Crippen LogP contribution in [0.2, 0.25) is 5.02 Å². The van der Waals surface area contributed by atoms with Crippen LogP contribution in [-0.4, -0.2) is 12.5 Å². The van der Waals surface area contributed by atoms with Gasteiger partial charge >= 0.3 is 0 Å². The van der Waals surface area contributed by atoms with E-state index in [9.17, 15) is 4.79 Å². The van der Waals surface area contributed by atoms with Crippen LogP contribution in [0.1, 0.15) is 17.2 Å². The van der Waals surface area contributed by atoms with Crippen molar-refractivity contribution in [3.8, 4) is 0 Å². The quantitative estimate of drug-likeness (QED) is 0.816. The molecule has 2 unspecified atom stereocenters. The summed E-state index contributed by atoms with van der Waals surface area (Å²) >= 11 is 5.92. The SMILES string of the molecule is Cc1ccc(NC(=O)C2CNNC2c2ccc(Cl)cc2)cc1. The molecule has 3 N–H and O–H groups in total. The number of benzene rings is 2. The summed E-state index contributed by atoms with van der Waals surface area (Å²) < 4.78 is 0. The van der Waals surface area contributed by atoms with Crippen LogP contribution in [0.3, 0.4) is 0 Å². The molecule has 0 saturated carbocycles. The zero-order chi connectivity index (χ0) is 15.5. The van der Waals surface area contributed by atoms with Crippen LogP contribution in [-0.2, 0) is 4.79 Å². The van der Waals surface area contributed by atoms with Crippen LogP contribution < -0.4 is 16.2 Å². The number of carbonyl (C=O) groups is 1. The van der Waals surface area contributed by atoms with E-state index in [1.165, 1.54) is 5.56 Å². The maximum Gasteiger partial charge on any atom is 0.230 e. The first-order valence-corrected chi connectivity index (χ1v) is 7.62. The van der Waals surface area contributed by atoms with Gasteiger partial charge in [-0.05, 0) is 36.8 Å². The number of amides is 1. The van der Waals surface area contributed by atoms with E-state index in [4.69, 9.17) is 11.6 Å². The van der Waals surface area contributed by atoms with Gasteiger partial charge in [-0.15, -0.1) is 0 Å². The Bertz CT molecular complexity index is 655. The predicted molar refractivity (Wildman–Crippen MR) is 88.6 cm³/mol. The Balaban J connectivity index is 1.73. The van der Waals surface area contributed by atoms with Crippen molar-refractivity contribution in [3.05, 3.63) is 64.7 Å². The van der Waals surface area contributed by atoms with Crippen molar-refractivity contribution < 1.29 is 4.79 Å². The lowest BCUT2D eigenvalue weighted by atomic mass is 9.94. The highest BCUT2D eigenvalue weighted by atomic mass is 35.5. The third-order valence-corrected chi connectivity index (χ3v) is 4.12. The third kappa shape index (κ3) is 3.30. The van der Waals surface area contributed by atoms with Gasteiger partial charge < -0.3 is 5.32 Å². The number of hydrazine groups is 1. The van der Waals surface area contributed by atoms with E-state index in [0.717, 1.165) is 11.3 Å². The van der Waals surface area contributed by atoms with E-state index < -0.39 is 0 Å². The highest BCUT2D eigenvalue weighted by Gasteiger charge is 2.33. The Kier molecular flexibility index (Phi) is 4.43. The van der Waals surface area contributed by atoms with Crippen molar-refractivity contribution >= 4 is 23.2 Å². The normalized spacial score (nSPS) is 20.8. The number of carbonyl (C=O) groups excluding carboxylic acids is 1. The van der Waals surface area contributed by atoms with Crippen molar-refractivity contribution in [1.29, 1.82) is 0 Å². The molecular weight excluding hydrogens is 298 g/mol. The number of halogens is 1. The minimum absolute atomic E-state index is 0.00121. The molecule has 0 bridgehead atoms. The summed E-state index contributed by atoms with van der Waals surface area (Å²) in [4.78, 5) is 12.5. The van der Waals surface area contributed by atoms with Gasteiger partial charge in [0.1, 0.15) is 0 Å². The van der Waals surface area contributed by atoms with Crippen molar-refractivity contribution in [3.63, 3.8) is 0 Å². The van der Waals surface area contributed by atoms with Gasteiger partial charge in [0.05, 0.1) is 12.0 Å². The van der Waals surface area contributed by atoms with Gasteiger partial charge in [-0.3, -0.25) is 10.2 Å². The number of rotatable bonds is 3. The number of hydrogen-bond acceptors (Lipinski definition) is 3. The smallest absolute Gasteiger partial charge is 0.230 e. The van der Waals surface area contributed by atoms with Crippen LogP contribution in [0, 0.1) is 12.8 Å². The van der Waals surface area contributed by atoms with E-state index in [0.29, 0.717) is 11.6 Å². The second-order valence-electron chi connectivity index (χ2n) is 5.52. The van der Waals surface area contributed by atoms with Gasteiger partial charge in [-0.25, -0.2) is 5.43 Å². The fourth-order valence-corrected chi connectivity index (χ4v) is 2.72. The van der Waals surface area contributed by atoms with Crippen molar-refractivity contribution in [2.45, 2.75) is 13.0 Å². The van der Waals surface area contributed by atoms with Crippen LogP contribution in [0.5, 0.6) is 0 Å². The molecule has 1 amide bonds. The van der Waals surface area contributed by atoms with Gasteiger partial charge in [0, 0.05) is 17.3 Å². The molecule has 1 aliphatic rings. The van der Waals surface area contributed by atoms with Gasteiger partial charge in [0.2, 0.25) is 5.91 Å². The standard InChI is InChI=1S/C17H18ClN3O/c1-11-2-8-14(9-3-11)20-17(22)15-10-19-21-16(15)12-4-6-13(18)7-5-12/h2-9,15-16,19,21H,10H2,1H3,(H,20,22). The van der Waals surface area contributed by atoms with Gasteiger partial charge in [-0.2, -0.15) is 0 Å². The molecular formula is C17H18ClN3O. The predicted octanol–water partition coefficient (Wildman–Crippen LogP) is 3.05. The topological polar surface area (TPSA) is 53.2 Å². The van der Waals surface area contributed by atoms with Gasteiger partial charge in [0.15, 0.2) is 0 Å². The molecule has 2 aromatic carbocycles. The summed E-state index contributed by atoms with van der Waals surface area (Å²) in [6.45, 7) is 2.61. The van der Waals surface area contributed by atoms with E-state index >= 15 is 0 Å². The molecule has 2 aromatic rings. The second-order valence-corrected chi connectivity index (χ2v) is 5.95. The third-order valence-electron chi connectivity index (χ3n) is 3.87. The molecule has 114 valence electrons. The molecule has 0 aliphatic carbocycles. The van der Waals surface area contributed by atoms with E-state index in [2.05, 4.69) is 16.2 Å². The second kappa shape index (κ2) is 6.48. The lowest BCUT2D eigenvalue weighted by Gasteiger charge is -2.18. The molecule has 2 atom stereocenters. The Morgan fingerprint density at radius 1 is 1.14 bits per heavy atom. The molecule has 0 radical (unpaired) electrons. The molecule has 1 heterocycles. The van der Waals surface area contributed by atoms with Crippen molar-refractivity contribution in [2.24, 2.45) is 5.92 Å². The zero-order valence-electron chi connectivity index (χ0n) is 12.3. The van der Waals surface area contributed by atoms with Crippen LogP contribution in [0.15, 0.2) is 48.5 Å². The van der Waals surface area contributed by atoms with Crippen molar-refractivity contribution in [2.75, 3.05) is 11.9 Å². The molecule has 1 fully saturated rings. The van der Waals surface area contributed by atoms with E-state index in [1.54, 1.807) is 0 Å². The molecule has 5 heteroatoms. The van der Waals surface area contributed by atoms with E-state index in [-0.39, 0.29) is 17.9 Å². The van der Waals surface area contributed by atoms with Crippen molar-refractivity contribution in [1.82, 2.24) is 10.9 Å². The average Bonchev–Trinajstić information content (AvgIpc) is 3.00. The maximum absolute atomic E-state index is 12.5. The van der Waals surface area contributed by atoms with Gasteiger partial charge in [0.25, 0.3) is 0 Å². The summed E-state index contributed by atoms with van der Waals surface area (Å²) in [5, 5.41) is 3.67. The first-order valence-electron chi connectivity index (χ1n) is 7.25. The fourth-order valence-electron chi connectivity index (χ4n) is 2.60. The Morgan fingerprint density at radius 3 is 2.50 bits per heavy atom.